The van der Waals surface area contributed by atoms with Crippen LogP contribution in [0.25, 0.3) is 10.2 Å². The van der Waals surface area contributed by atoms with E-state index in [1.54, 1.807) is 23.1 Å². The van der Waals surface area contributed by atoms with Crippen LogP contribution in [0.1, 0.15) is 36.1 Å². The maximum atomic E-state index is 11.1. The van der Waals surface area contributed by atoms with Crippen molar-refractivity contribution in [3.63, 3.8) is 0 Å². The van der Waals surface area contributed by atoms with Gasteiger partial charge in [-0.1, -0.05) is 12.8 Å². The lowest BCUT2D eigenvalue weighted by atomic mass is 10.2. The first-order valence-electron chi connectivity index (χ1n) is 8.46. The molecule has 0 radical (unpaired) electrons. The van der Waals surface area contributed by atoms with E-state index in [-0.39, 0.29) is 5.37 Å². The maximum Gasteiger partial charge on any atom is 0.321 e. The number of carboxylic acid groups (broad SMARTS) is 1. The monoisotopic (exact) mass is 363 g/mol. The lowest BCUT2D eigenvalue weighted by molar-refractivity contribution is -0.138. The second-order valence-electron chi connectivity index (χ2n) is 6.38. The number of benzene rings is 1. The highest BCUT2D eigenvalue weighted by molar-refractivity contribution is 7.99. The van der Waals surface area contributed by atoms with Gasteiger partial charge in [-0.3, -0.25) is 10.1 Å². The van der Waals surface area contributed by atoms with E-state index in [9.17, 15) is 4.79 Å². The van der Waals surface area contributed by atoms with Crippen molar-refractivity contribution in [2.75, 3.05) is 23.7 Å². The second kappa shape index (κ2) is 6.90. The number of rotatable bonds is 3. The molecule has 4 rings (SSSR count). The summed E-state index contributed by atoms with van der Waals surface area (Å²) in [7, 11) is 0. The molecule has 0 bridgehead atoms. The minimum atomic E-state index is -0.783. The molecule has 0 aliphatic carbocycles. The summed E-state index contributed by atoms with van der Waals surface area (Å²) in [6.45, 7) is 2.27. The van der Waals surface area contributed by atoms with Crippen LogP contribution in [0.5, 0.6) is 0 Å². The molecule has 0 saturated carbocycles. The Morgan fingerprint density at radius 2 is 2.04 bits per heavy atom. The molecular weight excluding hydrogens is 342 g/mol. The molecule has 7 heteroatoms. The van der Waals surface area contributed by atoms with Crippen LogP contribution in [-0.4, -0.2) is 40.9 Å². The molecule has 0 spiro atoms. The average Bonchev–Trinajstić information content (AvgIpc) is 3.14. The number of thioether (sulfide) groups is 1. The summed E-state index contributed by atoms with van der Waals surface area (Å²) in [5.41, 5.74) is 2.30. The predicted molar refractivity (Wildman–Crippen MR) is 100 cm³/mol. The zero-order chi connectivity index (χ0) is 16.5. The van der Waals surface area contributed by atoms with Gasteiger partial charge in [0.25, 0.3) is 0 Å². The van der Waals surface area contributed by atoms with Gasteiger partial charge in [0.1, 0.15) is 16.4 Å². The molecule has 2 N–H and O–H groups in total. The summed E-state index contributed by atoms with van der Waals surface area (Å²) in [6.07, 6.45) is 5.20. The van der Waals surface area contributed by atoms with Crippen molar-refractivity contribution in [2.45, 2.75) is 37.1 Å². The molecule has 128 valence electrons. The number of nitrogens with one attached hydrogen (secondary N) is 1. The second-order valence-corrected chi connectivity index (χ2v) is 8.58. The Morgan fingerprint density at radius 1 is 1.25 bits per heavy atom. The van der Waals surface area contributed by atoms with Crippen molar-refractivity contribution in [2.24, 2.45) is 0 Å². The molecule has 2 aromatic rings. The highest BCUT2D eigenvalue weighted by atomic mass is 32.2. The molecule has 2 atom stereocenters. The van der Waals surface area contributed by atoms with Gasteiger partial charge in [0, 0.05) is 24.5 Å². The van der Waals surface area contributed by atoms with Crippen LogP contribution < -0.4 is 10.2 Å². The Hall–Kier alpha value is -1.31. The third-order valence-electron chi connectivity index (χ3n) is 4.66. The highest BCUT2D eigenvalue weighted by Gasteiger charge is 2.32. The van der Waals surface area contributed by atoms with Crippen molar-refractivity contribution in [1.82, 2.24) is 10.3 Å². The number of nitrogens with zero attached hydrogens (tertiary/aromatic N) is 2. The summed E-state index contributed by atoms with van der Waals surface area (Å²) in [4.78, 5) is 18.3. The van der Waals surface area contributed by atoms with Crippen LogP contribution in [0, 0.1) is 0 Å². The number of hydrogen-bond donors (Lipinski definition) is 2. The quantitative estimate of drug-likeness (QED) is 0.871. The predicted octanol–water partition coefficient (Wildman–Crippen LogP) is 3.46. The smallest absolute Gasteiger partial charge is 0.321 e. The lowest BCUT2D eigenvalue weighted by Gasteiger charge is -2.22. The van der Waals surface area contributed by atoms with Gasteiger partial charge in [0.15, 0.2) is 0 Å². The summed E-state index contributed by atoms with van der Waals surface area (Å²) in [5.74, 6) is -0.191. The third kappa shape index (κ3) is 3.25. The molecule has 2 saturated heterocycles. The van der Waals surface area contributed by atoms with Crippen molar-refractivity contribution >= 4 is 45.0 Å². The third-order valence-corrected chi connectivity index (χ3v) is 7.11. The van der Waals surface area contributed by atoms with Crippen LogP contribution in [0.2, 0.25) is 0 Å². The fraction of sp³-hybridized carbons (Fsp3) is 0.529. The number of hydrogen-bond acceptors (Lipinski definition) is 6. The molecule has 5 nitrogen and oxygen atoms in total. The fourth-order valence-electron chi connectivity index (χ4n) is 3.33. The summed E-state index contributed by atoms with van der Waals surface area (Å²) in [5, 5.41) is 13.2. The van der Waals surface area contributed by atoms with E-state index in [0.717, 1.165) is 23.6 Å². The van der Waals surface area contributed by atoms with Crippen LogP contribution in [0.15, 0.2) is 18.2 Å². The number of aromatic nitrogens is 1. The van der Waals surface area contributed by atoms with Crippen molar-refractivity contribution in [1.29, 1.82) is 0 Å². The lowest BCUT2D eigenvalue weighted by Crippen LogP contribution is -2.33. The Morgan fingerprint density at radius 3 is 2.75 bits per heavy atom. The molecule has 1 aromatic heterocycles. The first-order valence-corrected chi connectivity index (χ1v) is 10.3. The number of carbonyl (C=O) groups is 1. The van der Waals surface area contributed by atoms with E-state index in [2.05, 4.69) is 28.4 Å². The van der Waals surface area contributed by atoms with Gasteiger partial charge in [-0.05, 0) is 31.0 Å². The number of aliphatic carboxylic acids is 1. The molecule has 2 aliphatic heterocycles. The molecular formula is C17H21N3O2S2. The van der Waals surface area contributed by atoms with E-state index >= 15 is 0 Å². The van der Waals surface area contributed by atoms with E-state index < -0.39 is 12.0 Å². The number of anilines is 1. The maximum absolute atomic E-state index is 11.1. The molecule has 24 heavy (non-hydrogen) atoms. The van der Waals surface area contributed by atoms with Gasteiger partial charge in [-0.2, -0.15) is 0 Å². The van der Waals surface area contributed by atoms with E-state index in [0.29, 0.717) is 5.75 Å². The molecule has 2 aliphatic rings. The fourth-order valence-corrected chi connectivity index (χ4v) is 5.70. The van der Waals surface area contributed by atoms with Gasteiger partial charge in [0.05, 0.1) is 10.2 Å². The number of fused-ring (bicyclic) bond motifs is 1. The number of thiazole rings is 1. The molecule has 0 amide bonds. The molecule has 1 unspecified atom stereocenters. The SMILES string of the molecule is O=C(O)[C@H]1CSC(c2nc3ccc(N4CCCCCC4)cc3s2)N1. The topological polar surface area (TPSA) is 65.5 Å². The van der Waals surface area contributed by atoms with E-state index in [1.807, 2.05) is 0 Å². The summed E-state index contributed by atoms with van der Waals surface area (Å²) >= 11 is 3.31. The summed E-state index contributed by atoms with van der Waals surface area (Å²) in [6, 6.07) is 6.05. The van der Waals surface area contributed by atoms with Crippen LogP contribution in [-0.2, 0) is 4.79 Å². The zero-order valence-electron chi connectivity index (χ0n) is 13.4. The Kier molecular flexibility index (Phi) is 4.65. The Bertz CT molecular complexity index is 741. The molecule has 1 aromatic carbocycles. The van der Waals surface area contributed by atoms with Crippen LogP contribution >= 0.6 is 23.1 Å². The minimum absolute atomic E-state index is 0.00913. The van der Waals surface area contributed by atoms with Crippen LogP contribution in [0.3, 0.4) is 0 Å². The molecule has 3 heterocycles. The normalized spacial score (nSPS) is 25.1. The van der Waals surface area contributed by atoms with Crippen molar-refractivity contribution < 1.29 is 9.90 Å². The van der Waals surface area contributed by atoms with Gasteiger partial charge in [-0.15, -0.1) is 23.1 Å². The van der Waals surface area contributed by atoms with E-state index in [4.69, 9.17) is 10.1 Å². The largest absolute Gasteiger partial charge is 0.480 e. The Balaban J connectivity index is 1.56. The highest BCUT2D eigenvalue weighted by Crippen LogP contribution is 2.38. The van der Waals surface area contributed by atoms with Gasteiger partial charge >= 0.3 is 5.97 Å². The van der Waals surface area contributed by atoms with Gasteiger partial charge in [0.2, 0.25) is 0 Å². The standard InChI is InChI=1S/C17H21N3O2S2/c21-17(22)13-10-23-15(19-13)16-18-12-6-5-11(9-14(12)24-16)20-7-3-1-2-4-8-20/h5-6,9,13,15,19H,1-4,7-8,10H2,(H,21,22)/t13-,15?/m1/s1. The molecule has 2 fully saturated rings. The minimum Gasteiger partial charge on any atom is -0.480 e. The Labute approximate surface area is 149 Å². The van der Waals surface area contributed by atoms with Crippen molar-refractivity contribution in [3.05, 3.63) is 23.2 Å². The first kappa shape index (κ1) is 16.2. The summed E-state index contributed by atoms with van der Waals surface area (Å²) < 4.78 is 1.19. The van der Waals surface area contributed by atoms with E-state index in [1.165, 1.54) is 36.1 Å². The number of carboxylic acids is 1. The van der Waals surface area contributed by atoms with Crippen molar-refractivity contribution in [3.8, 4) is 0 Å². The first-order chi connectivity index (χ1) is 11.7. The van der Waals surface area contributed by atoms with Crippen LogP contribution in [0.4, 0.5) is 5.69 Å². The average molecular weight is 364 g/mol. The van der Waals surface area contributed by atoms with Gasteiger partial charge in [-0.25, -0.2) is 4.98 Å². The zero-order valence-corrected chi connectivity index (χ0v) is 15.0. The van der Waals surface area contributed by atoms with Gasteiger partial charge < -0.3 is 10.0 Å².